The molecule has 0 aliphatic carbocycles. The second kappa shape index (κ2) is 22.0. The van der Waals surface area contributed by atoms with E-state index >= 15 is 9.59 Å². The molecule has 15 nitrogen and oxygen atoms in total. The van der Waals surface area contributed by atoms with Gasteiger partial charge in [-0.1, -0.05) is 36.4 Å². The summed E-state index contributed by atoms with van der Waals surface area (Å²) >= 11 is 0. The average molecular weight is 1080 g/mol. The Morgan fingerprint density at radius 1 is 0.551 bits per heavy atom. The number of amides is 6. The van der Waals surface area contributed by atoms with Crippen molar-refractivity contribution >= 4 is 35.3 Å². The zero-order valence-corrected chi connectivity index (χ0v) is 44.7. The van der Waals surface area contributed by atoms with E-state index in [0.717, 1.165) is 24.3 Å². The van der Waals surface area contributed by atoms with Crippen LogP contribution in [-0.4, -0.2) is 172 Å². The van der Waals surface area contributed by atoms with Crippen LogP contribution in [0, 0.1) is 22.7 Å². The molecule has 0 aromatic heterocycles. The minimum absolute atomic E-state index is 0.0235. The topological polar surface area (TPSA) is 139 Å². The van der Waals surface area contributed by atoms with E-state index in [-0.39, 0.29) is 71.9 Å². The number of urea groups is 2. The molecule has 4 heterocycles. The summed E-state index contributed by atoms with van der Waals surface area (Å²) in [6.07, 6.45) is -8.83. The molecular formula is C57H63F6N11O4+2. The molecule has 4 aliphatic rings. The van der Waals surface area contributed by atoms with Crippen molar-refractivity contribution in [1.82, 2.24) is 24.5 Å². The van der Waals surface area contributed by atoms with E-state index in [9.17, 15) is 46.5 Å². The van der Waals surface area contributed by atoms with E-state index in [1.807, 2.05) is 54.2 Å². The van der Waals surface area contributed by atoms with Crippen molar-refractivity contribution in [3.8, 4) is 12.1 Å². The quantitative estimate of drug-likeness (QED) is 0.0721. The number of hydrogen-bond acceptors (Lipinski definition) is 7. The van der Waals surface area contributed by atoms with Gasteiger partial charge in [0.25, 0.3) is 11.8 Å². The van der Waals surface area contributed by atoms with Crippen molar-refractivity contribution in [3.63, 3.8) is 0 Å². The standard InChI is InChI=1S/C57H63F6N11O4/c1-66(24-10-26-69-50(40-20-16-38(34-64)17-21-40)48-46(36-67(52(48)75)28-30-73(2,3)4)71(54(69)77)44-14-8-12-42(32-44)56(58,59)60)25-11-27-70-51(41-22-18-39(35-65)19-23-41)49-47(37-68(53(49)76)29-31-74(5,6)7)72(55(70)78)45-15-9-13-43(33-45)57(61,62)63/h8-9,12-23,32-33,50-51H,10-11,24-31,36-37H2,1-7H3/q+2/t50-,51-/m1/s1. The Hall–Kier alpha value is -7.72. The number of quaternary nitrogens is 2. The first-order valence-electron chi connectivity index (χ1n) is 25.6. The van der Waals surface area contributed by atoms with Gasteiger partial charge in [0.2, 0.25) is 0 Å². The highest BCUT2D eigenvalue weighted by Crippen LogP contribution is 2.46. The zero-order valence-electron chi connectivity index (χ0n) is 44.7. The number of rotatable bonds is 18. The summed E-state index contributed by atoms with van der Waals surface area (Å²) in [5.74, 6) is -0.728. The minimum Gasteiger partial charge on any atom is -0.329 e. The van der Waals surface area contributed by atoms with E-state index in [1.54, 1.807) is 58.3 Å². The predicted molar refractivity (Wildman–Crippen MR) is 280 cm³/mol. The molecule has 4 aliphatic heterocycles. The van der Waals surface area contributed by atoms with E-state index in [2.05, 4.69) is 12.1 Å². The van der Waals surface area contributed by atoms with Gasteiger partial charge in [0.15, 0.2) is 0 Å². The van der Waals surface area contributed by atoms with E-state index < -0.39 is 47.6 Å². The molecule has 0 bridgehead atoms. The number of likely N-dealkylation sites (N-methyl/N-ethyl adjacent to an activating group) is 2. The van der Waals surface area contributed by atoms with Gasteiger partial charge in [-0.15, -0.1) is 0 Å². The number of carbonyl (C=O) groups is 4. The van der Waals surface area contributed by atoms with E-state index in [4.69, 9.17) is 0 Å². The van der Waals surface area contributed by atoms with Crippen molar-refractivity contribution in [1.29, 1.82) is 10.5 Å². The molecule has 0 fully saturated rings. The molecule has 0 saturated carbocycles. The molecule has 0 spiro atoms. The molecule has 78 heavy (non-hydrogen) atoms. The summed E-state index contributed by atoms with van der Waals surface area (Å²) in [6.45, 7) is 2.41. The van der Waals surface area contributed by atoms with Gasteiger partial charge in [-0.2, -0.15) is 36.9 Å². The monoisotopic (exact) mass is 1080 g/mol. The molecule has 4 aromatic rings. The maximum Gasteiger partial charge on any atom is 0.416 e. The Kier molecular flexibility index (Phi) is 15.9. The van der Waals surface area contributed by atoms with Crippen LogP contribution >= 0.6 is 0 Å². The molecule has 21 heteroatoms. The van der Waals surface area contributed by atoms with Gasteiger partial charge >= 0.3 is 24.4 Å². The van der Waals surface area contributed by atoms with Gasteiger partial charge < -0.3 is 33.5 Å². The third-order valence-electron chi connectivity index (χ3n) is 14.5. The van der Waals surface area contributed by atoms with Gasteiger partial charge in [0, 0.05) is 13.1 Å². The fraction of sp³-hybridized carbons (Fsp3) is 0.404. The lowest BCUT2D eigenvalue weighted by Gasteiger charge is -2.42. The summed E-state index contributed by atoms with van der Waals surface area (Å²) in [4.78, 5) is 70.1. The number of alkyl halides is 6. The van der Waals surface area contributed by atoms with Crippen molar-refractivity contribution in [2.24, 2.45) is 0 Å². The molecular weight excluding hydrogens is 1020 g/mol. The van der Waals surface area contributed by atoms with Crippen LogP contribution in [0.4, 0.5) is 47.3 Å². The maximum atomic E-state index is 15.1. The molecule has 410 valence electrons. The average Bonchev–Trinajstić information content (AvgIpc) is 4.07. The number of nitrogens with zero attached hydrogens (tertiary/aromatic N) is 11. The number of halogens is 6. The number of benzene rings is 4. The first-order chi connectivity index (χ1) is 36.7. The summed E-state index contributed by atoms with van der Waals surface area (Å²) in [5, 5.41) is 19.3. The number of nitriles is 2. The second-order valence-corrected chi connectivity index (χ2v) is 22.2. The summed E-state index contributed by atoms with van der Waals surface area (Å²) < 4.78 is 86.3. The third-order valence-corrected chi connectivity index (χ3v) is 14.5. The van der Waals surface area contributed by atoms with E-state index in [1.165, 1.54) is 43.9 Å². The van der Waals surface area contributed by atoms with Gasteiger partial charge in [-0.05, 0) is 105 Å². The van der Waals surface area contributed by atoms with Crippen LogP contribution in [0.2, 0.25) is 0 Å². The normalized spacial score (nSPS) is 18.4. The molecule has 8 rings (SSSR count). The number of anilines is 2. The third kappa shape index (κ3) is 12.0. The Bertz CT molecular complexity index is 2900. The van der Waals surface area contributed by atoms with Crippen LogP contribution in [0.3, 0.4) is 0 Å². The van der Waals surface area contributed by atoms with Gasteiger partial charge in [0.1, 0.15) is 0 Å². The largest absolute Gasteiger partial charge is 0.416 e. The lowest BCUT2D eigenvalue weighted by molar-refractivity contribution is -0.869. The molecule has 0 saturated heterocycles. The molecule has 0 unspecified atom stereocenters. The van der Waals surface area contributed by atoms with Crippen molar-refractivity contribution < 1.29 is 54.5 Å². The lowest BCUT2D eigenvalue weighted by Crippen LogP contribution is -2.51. The van der Waals surface area contributed by atoms with Crippen LogP contribution in [0.5, 0.6) is 0 Å². The second-order valence-electron chi connectivity index (χ2n) is 22.2. The van der Waals surface area contributed by atoms with Gasteiger partial charge in [-0.25, -0.2) is 9.59 Å². The van der Waals surface area contributed by atoms with Crippen LogP contribution in [0.1, 0.15) is 58.3 Å². The zero-order chi connectivity index (χ0) is 56.6. The van der Waals surface area contributed by atoms with Crippen LogP contribution in [-0.2, 0) is 21.9 Å². The van der Waals surface area contributed by atoms with E-state index in [0.29, 0.717) is 83.3 Å². The molecule has 6 amide bonds. The van der Waals surface area contributed by atoms with Crippen molar-refractivity contribution in [3.05, 3.63) is 153 Å². The predicted octanol–water partition coefficient (Wildman–Crippen LogP) is 8.45. The number of carbonyl (C=O) groups excluding carboxylic acids is 4. The number of hydrogen-bond donors (Lipinski definition) is 0. The maximum absolute atomic E-state index is 15.1. The first kappa shape index (κ1) is 56.5. The molecule has 2 atom stereocenters. The minimum atomic E-state index is -4.72. The highest BCUT2D eigenvalue weighted by Gasteiger charge is 2.51. The van der Waals surface area contributed by atoms with Crippen LogP contribution < -0.4 is 9.80 Å². The SMILES string of the molecule is CN(CCCN1C(=O)N(c2cccc(C(F)(F)F)c2)C2=C(C(=O)N(CC[N+](C)(C)C)C2)[C@H]1c1ccc(C#N)cc1)CCCN1C(=O)N(c2cccc(C(F)(F)F)c2)C2=C(C(=O)N(CC[N+](C)(C)C)C2)[C@H]1c1ccc(C#N)cc1. The van der Waals surface area contributed by atoms with Crippen molar-refractivity contribution in [2.45, 2.75) is 37.3 Å². The molecule has 0 radical (unpaired) electrons. The van der Waals surface area contributed by atoms with Gasteiger partial charge in [0.05, 0.1) is 162 Å². The lowest BCUT2D eigenvalue weighted by atomic mass is 9.92. The summed E-state index contributed by atoms with van der Waals surface area (Å²) in [5.41, 5.74) is 0.735. The summed E-state index contributed by atoms with van der Waals surface area (Å²) in [7, 11) is 13.6. The molecule has 4 aromatic carbocycles. The van der Waals surface area contributed by atoms with Gasteiger partial charge in [-0.3, -0.25) is 19.4 Å². The van der Waals surface area contributed by atoms with Crippen LogP contribution in [0.15, 0.2) is 120 Å². The van der Waals surface area contributed by atoms with Crippen LogP contribution in [0.25, 0.3) is 0 Å². The highest BCUT2D eigenvalue weighted by molar-refractivity contribution is 6.08. The fourth-order valence-electron chi connectivity index (χ4n) is 10.3. The Morgan fingerprint density at radius 2 is 0.910 bits per heavy atom. The highest BCUT2D eigenvalue weighted by atomic mass is 19.4. The molecule has 0 N–H and O–H groups in total. The Morgan fingerprint density at radius 3 is 1.23 bits per heavy atom. The Labute approximate surface area is 450 Å². The smallest absolute Gasteiger partial charge is 0.329 e. The Balaban J connectivity index is 1.08. The fourth-order valence-corrected chi connectivity index (χ4v) is 10.3. The first-order valence-corrected chi connectivity index (χ1v) is 25.6. The van der Waals surface area contributed by atoms with Crippen molar-refractivity contribution in [2.75, 3.05) is 125 Å². The summed E-state index contributed by atoms with van der Waals surface area (Å²) in [6, 6.07) is 22.9.